The molecular weight excluding hydrogens is 322 g/mol. The smallest absolute Gasteiger partial charge is 0.217 e. The molecule has 0 aliphatic rings. The van der Waals surface area contributed by atoms with E-state index in [0.29, 0.717) is 11.3 Å². The van der Waals surface area contributed by atoms with Crippen molar-refractivity contribution in [3.05, 3.63) is 59.7 Å². The zero-order valence-electron chi connectivity index (χ0n) is 14.0. The molecule has 1 atom stereocenters. The average Bonchev–Trinajstić information content (AvgIpc) is 2.59. The molecule has 5 heteroatoms. The van der Waals surface area contributed by atoms with Crippen LogP contribution in [0.25, 0.3) is 0 Å². The lowest BCUT2D eigenvalue weighted by molar-refractivity contribution is -0.119. The Bertz CT molecular complexity index is 713. The van der Waals surface area contributed by atoms with Crippen molar-refractivity contribution in [2.45, 2.75) is 24.8 Å². The number of hydrogen-bond acceptors (Lipinski definition) is 4. The summed E-state index contributed by atoms with van der Waals surface area (Å²) in [6.45, 7) is 3.40. The standard InChI is InChI=1S/C19H21NO3S/c1-13(20-14(2)21)15-7-9-16(10-8-15)19(22)12-24-18-6-4-5-17(11-18)23-3/h4-11,13H,12H2,1-3H3,(H,20,21)/t13-/m0/s1. The van der Waals surface area contributed by atoms with E-state index in [9.17, 15) is 9.59 Å². The molecule has 2 aromatic rings. The molecule has 0 saturated heterocycles. The van der Waals surface area contributed by atoms with Gasteiger partial charge in [-0.1, -0.05) is 30.3 Å². The highest BCUT2D eigenvalue weighted by atomic mass is 32.2. The first kappa shape index (κ1) is 18.1. The fourth-order valence-corrected chi connectivity index (χ4v) is 3.11. The van der Waals surface area contributed by atoms with Gasteiger partial charge in [0.25, 0.3) is 0 Å². The molecule has 0 saturated carbocycles. The van der Waals surface area contributed by atoms with E-state index in [1.807, 2.05) is 55.5 Å². The molecule has 0 aromatic heterocycles. The highest BCUT2D eigenvalue weighted by molar-refractivity contribution is 8.00. The van der Waals surface area contributed by atoms with Crippen molar-refractivity contribution in [2.75, 3.05) is 12.9 Å². The van der Waals surface area contributed by atoms with Crippen molar-refractivity contribution in [3.63, 3.8) is 0 Å². The van der Waals surface area contributed by atoms with Crippen LogP contribution < -0.4 is 10.1 Å². The van der Waals surface area contributed by atoms with E-state index >= 15 is 0 Å². The number of Topliss-reactive ketones (excluding diaryl/α,β-unsaturated/α-hetero) is 1. The van der Waals surface area contributed by atoms with Crippen molar-refractivity contribution < 1.29 is 14.3 Å². The van der Waals surface area contributed by atoms with Gasteiger partial charge in [0.2, 0.25) is 5.91 Å². The van der Waals surface area contributed by atoms with Crippen LogP contribution in [0.5, 0.6) is 5.75 Å². The summed E-state index contributed by atoms with van der Waals surface area (Å²) >= 11 is 1.49. The molecule has 0 bridgehead atoms. The Morgan fingerprint density at radius 2 is 1.88 bits per heavy atom. The van der Waals surface area contributed by atoms with E-state index in [0.717, 1.165) is 16.2 Å². The second kappa shape index (κ2) is 8.55. The van der Waals surface area contributed by atoms with Gasteiger partial charge >= 0.3 is 0 Å². The summed E-state index contributed by atoms with van der Waals surface area (Å²) in [5.74, 6) is 1.15. The Kier molecular flexibility index (Phi) is 6.44. The Morgan fingerprint density at radius 1 is 1.17 bits per heavy atom. The van der Waals surface area contributed by atoms with Crippen LogP contribution in [-0.4, -0.2) is 24.6 Å². The maximum Gasteiger partial charge on any atom is 0.217 e. The number of amides is 1. The zero-order valence-corrected chi connectivity index (χ0v) is 14.9. The van der Waals surface area contributed by atoms with Gasteiger partial charge in [-0.05, 0) is 30.7 Å². The maximum absolute atomic E-state index is 12.3. The van der Waals surface area contributed by atoms with E-state index < -0.39 is 0 Å². The number of carbonyl (C=O) groups excluding carboxylic acids is 2. The second-order valence-corrected chi connectivity index (χ2v) is 6.48. The van der Waals surface area contributed by atoms with Gasteiger partial charge < -0.3 is 10.1 Å². The Balaban J connectivity index is 1.96. The van der Waals surface area contributed by atoms with Gasteiger partial charge in [0.05, 0.1) is 18.9 Å². The van der Waals surface area contributed by atoms with Crippen molar-refractivity contribution in [1.29, 1.82) is 0 Å². The minimum absolute atomic E-state index is 0.0709. The minimum Gasteiger partial charge on any atom is -0.497 e. The SMILES string of the molecule is COc1cccc(SCC(=O)c2ccc([C@H](C)NC(C)=O)cc2)c1. The summed E-state index contributed by atoms with van der Waals surface area (Å²) in [4.78, 5) is 24.4. The maximum atomic E-state index is 12.3. The fraction of sp³-hybridized carbons (Fsp3) is 0.263. The van der Waals surface area contributed by atoms with Crippen LogP contribution in [-0.2, 0) is 4.79 Å². The van der Waals surface area contributed by atoms with Gasteiger partial charge in [-0.15, -0.1) is 11.8 Å². The number of nitrogens with one attached hydrogen (secondary N) is 1. The predicted octanol–water partition coefficient (Wildman–Crippen LogP) is 3.87. The fourth-order valence-electron chi connectivity index (χ4n) is 2.27. The van der Waals surface area contributed by atoms with Crippen molar-refractivity contribution in [1.82, 2.24) is 5.32 Å². The summed E-state index contributed by atoms with van der Waals surface area (Å²) in [5, 5.41) is 2.83. The number of thioether (sulfide) groups is 1. The first-order valence-corrected chi connectivity index (χ1v) is 8.65. The average molecular weight is 343 g/mol. The molecule has 0 heterocycles. The molecule has 1 N–H and O–H groups in total. The summed E-state index contributed by atoms with van der Waals surface area (Å²) in [6, 6.07) is 15.0. The minimum atomic E-state index is -0.0719. The summed E-state index contributed by atoms with van der Waals surface area (Å²) in [5.41, 5.74) is 1.64. The van der Waals surface area contributed by atoms with Crippen LogP contribution in [0.15, 0.2) is 53.4 Å². The molecule has 4 nitrogen and oxygen atoms in total. The quantitative estimate of drug-likeness (QED) is 0.612. The molecule has 1 amide bonds. The molecule has 2 rings (SSSR count). The van der Waals surface area contributed by atoms with Gasteiger partial charge in [-0.3, -0.25) is 9.59 Å². The van der Waals surface area contributed by atoms with E-state index in [1.165, 1.54) is 18.7 Å². The van der Waals surface area contributed by atoms with Gasteiger partial charge in [0, 0.05) is 17.4 Å². The van der Waals surface area contributed by atoms with Gasteiger partial charge in [0.15, 0.2) is 5.78 Å². The Morgan fingerprint density at radius 3 is 2.50 bits per heavy atom. The third-order valence-corrected chi connectivity index (χ3v) is 4.56. The summed E-state index contributed by atoms with van der Waals surface area (Å²) < 4.78 is 5.18. The highest BCUT2D eigenvalue weighted by Gasteiger charge is 2.10. The van der Waals surface area contributed by atoms with E-state index in [4.69, 9.17) is 4.74 Å². The number of benzene rings is 2. The molecule has 0 aliphatic carbocycles. The number of carbonyl (C=O) groups is 2. The monoisotopic (exact) mass is 343 g/mol. The van der Waals surface area contributed by atoms with Crippen molar-refractivity contribution >= 4 is 23.5 Å². The van der Waals surface area contributed by atoms with Crippen molar-refractivity contribution in [2.24, 2.45) is 0 Å². The van der Waals surface area contributed by atoms with E-state index in [2.05, 4.69) is 5.32 Å². The number of rotatable bonds is 7. The molecular formula is C19H21NO3S. The van der Waals surface area contributed by atoms with Crippen molar-refractivity contribution in [3.8, 4) is 5.75 Å². The Labute approximate surface area is 146 Å². The number of ether oxygens (including phenoxy) is 1. The lowest BCUT2D eigenvalue weighted by atomic mass is 10.0. The van der Waals surface area contributed by atoms with Crippen LogP contribution >= 0.6 is 11.8 Å². The summed E-state index contributed by atoms with van der Waals surface area (Å²) in [6.07, 6.45) is 0. The van der Waals surface area contributed by atoms with E-state index in [1.54, 1.807) is 7.11 Å². The molecule has 0 unspecified atom stereocenters. The highest BCUT2D eigenvalue weighted by Crippen LogP contribution is 2.24. The normalized spacial score (nSPS) is 11.6. The molecule has 0 aliphatic heterocycles. The second-order valence-electron chi connectivity index (χ2n) is 5.44. The van der Waals surface area contributed by atoms with Gasteiger partial charge in [-0.25, -0.2) is 0 Å². The van der Waals surface area contributed by atoms with Crippen LogP contribution in [0.2, 0.25) is 0 Å². The molecule has 0 fully saturated rings. The molecule has 0 spiro atoms. The van der Waals surface area contributed by atoms with Gasteiger partial charge in [-0.2, -0.15) is 0 Å². The number of hydrogen-bond donors (Lipinski definition) is 1. The van der Waals surface area contributed by atoms with E-state index in [-0.39, 0.29) is 17.7 Å². The van der Waals surface area contributed by atoms with Crippen LogP contribution in [0.3, 0.4) is 0 Å². The molecule has 0 radical (unpaired) electrons. The summed E-state index contributed by atoms with van der Waals surface area (Å²) in [7, 11) is 1.62. The van der Waals surface area contributed by atoms with Crippen LogP contribution in [0.4, 0.5) is 0 Å². The van der Waals surface area contributed by atoms with Crippen LogP contribution in [0, 0.1) is 0 Å². The molecule has 2 aromatic carbocycles. The molecule has 24 heavy (non-hydrogen) atoms. The third kappa shape index (κ3) is 5.13. The third-order valence-electron chi connectivity index (χ3n) is 3.56. The first-order chi connectivity index (χ1) is 11.5. The molecule has 126 valence electrons. The largest absolute Gasteiger partial charge is 0.497 e. The topological polar surface area (TPSA) is 55.4 Å². The lowest BCUT2D eigenvalue weighted by Gasteiger charge is -2.13. The number of ketones is 1. The number of methoxy groups -OCH3 is 1. The first-order valence-electron chi connectivity index (χ1n) is 7.66. The lowest BCUT2D eigenvalue weighted by Crippen LogP contribution is -2.23. The zero-order chi connectivity index (χ0) is 17.5. The van der Waals surface area contributed by atoms with Gasteiger partial charge in [0.1, 0.15) is 5.75 Å². The predicted molar refractivity (Wildman–Crippen MR) is 96.7 cm³/mol. The van der Waals surface area contributed by atoms with Crippen LogP contribution in [0.1, 0.15) is 35.8 Å². The Hall–Kier alpha value is -2.27.